The molecule has 1 N–H and O–H groups in total. The van der Waals surface area contributed by atoms with Crippen molar-refractivity contribution in [1.82, 2.24) is 9.80 Å². The molecule has 2 aromatic rings. The summed E-state index contributed by atoms with van der Waals surface area (Å²) in [5.41, 5.74) is 3.96. The van der Waals surface area contributed by atoms with Crippen molar-refractivity contribution in [3.8, 4) is 29.1 Å². The normalized spacial score (nSPS) is 29.3. The molecule has 0 unspecified atom stereocenters. The monoisotopic (exact) mass is 554 g/mol. The molecule has 2 heterocycles. The van der Waals surface area contributed by atoms with Crippen LogP contribution in [0.15, 0.2) is 30.3 Å². The van der Waals surface area contributed by atoms with Crippen molar-refractivity contribution in [2.24, 2.45) is 17.8 Å². The number of phenols is 1. The number of aromatic hydroxyl groups is 1. The van der Waals surface area contributed by atoms with E-state index >= 15 is 0 Å². The van der Waals surface area contributed by atoms with Crippen molar-refractivity contribution in [2.75, 3.05) is 26.7 Å². The predicted octanol–water partition coefficient (Wildman–Crippen LogP) is 5.06. The number of benzene rings is 2. The van der Waals surface area contributed by atoms with E-state index in [0.29, 0.717) is 35.9 Å². The zero-order valence-electron chi connectivity index (χ0n) is 24.8. The Bertz CT molecular complexity index is 1440. The van der Waals surface area contributed by atoms with E-state index in [0.717, 1.165) is 67.1 Å². The van der Waals surface area contributed by atoms with E-state index in [1.807, 2.05) is 36.1 Å². The van der Waals surface area contributed by atoms with Gasteiger partial charge >= 0.3 is 0 Å². The Kier molecular flexibility index (Phi) is 6.50. The number of hydrogen-bond donors (Lipinski definition) is 1. The van der Waals surface area contributed by atoms with Gasteiger partial charge in [-0.2, -0.15) is 0 Å². The number of hydrogen-bond acceptors (Lipinski definition) is 5. The molecule has 2 aromatic carbocycles. The van der Waals surface area contributed by atoms with Gasteiger partial charge in [0.05, 0.1) is 13.2 Å². The molecule has 2 aliphatic heterocycles. The van der Waals surface area contributed by atoms with E-state index in [2.05, 4.69) is 30.6 Å². The first kappa shape index (κ1) is 26.7. The van der Waals surface area contributed by atoms with Crippen molar-refractivity contribution < 1.29 is 19.4 Å². The lowest BCUT2D eigenvalue weighted by Crippen LogP contribution is -2.69. The van der Waals surface area contributed by atoms with Gasteiger partial charge in [0, 0.05) is 53.2 Å². The van der Waals surface area contributed by atoms with E-state index in [9.17, 15) is 9.90 Å². The quantitative estimate of drug-likeness (QED) is 0.506. The number of ether oxygens (including phenoxy) is 2. The number of amides is 1. The molecular formula is C35H42N2O4. The maximum atomic E-state index is 13.9. The fraction of sp³-hybridized carbons (Fsp3) is 0.571. The number of aryl methyl sites for hydroxylation is 1. The Balaban J connectivity index is 1.29. The van der Waals surface area contributed by atoms with Gasteiger partial charge in [-0.05, 0) is 87.4 Å². The Morgan fingerprint density at radius 1 is 1.24 bits per heavy atom. The molecule has 0 radical (unpaired) electrons. The van der Waals surface area contributed by atoms with E-state index in [4.69, 9.17) is 9.47 Å². The van der Waals surface area contributed by atoms with Crippen molar-refractivity contribution in [1.29, 1.82) is 0 Å². The van der Waals surface area contributed by atoms with Gasteiger partial charge in [-0.25, -0.2) is 0 Å². The standard InChI is InChI=1S/C35H42N2O4/c1-21(2)19-37(31(39)13-10-23-7-5-6-22(3)16-23)27-12-11-26-28-17-25-29(38)18-30(40-4)33-32(25)35(26,34(27)41-33)14-15-36(28)20-24-8-9-24/h5-7,16,18,21,24,26-28,34,38H,8-9,11-12,14-15,17,19-20H2,1-4H3/t26-,27+,28+,34-,35-/m0/s1. The average molecular weight is 555 g/mol. The van der Waals surface area contributed by atoms with Gasteiger partial charge in [-0.3, -0.25) is 9.69 Å². The second-order valence-corrected chi connectivity index (χ2v) is 13.5. The first-order chi connectivity index (χ1) is 19.8. The topological polar surface area (TPSA) is 62.2 Å². The summed E-state index contributed by atoms with van der Waals surface area (Å²) in [7, 11) is 1.65. The number of rotatable bonds is 6. The van der Waals surface area contributed by atoms with E-state index in [-0.39, 0.29) is 23.5 Å². The third kappa shape index (κ3) is 4.31. The minimum Gasteiger partial charge on any atom is -0.508 e. The second kappa shape index (κ2) is 9.98. The van der Waals surface area contributed by atoms with Gasteiger partial charge in [0.15, 0.2) is 11.5 Å². The highest BCUT2D eigenvalue weighted by atomic mass is 16.5. The lowest BCUT2D eigenvalue weighted by molar-refractivity contribution is -0.137. The summed E-state index contributed by atoms with van der Waals surface area (Å²) in [6.07, 6.45) is 6.27. The SMILES string of the molecule is COc1cc(O)c2c3c1O[C@H]1[C@H](N(CC(C)C)C(=O)C#Cc4cccc(C)c4)CC[C@H]4[C@@H](C2)N(CC2CC2)CC[C@@]341. The molecule has 7 rings (SSSR count). The molecule has 3 aliphatic carbocycles. The van der Waals surface area contributed by atoms with Crippen molar-refractivity contribution in [3.05, 3.63) is 52.6 Å². The van der Waals surface area contributed by atoms with Gasteiger partial charge in [-0.15, -0.1) is 0 Å². The first-order valence-electron chi connectivity index (χ1n) is 15.5. The molecule has 216 valence electrons. The smallest absolute Gasteiger partial charge is 0.299 e. The van der Waals surface area contributed by atoms with Crippen LogP contribution in [-0.4, -0.2) is 65.7 Å². The Hall–Kier alpha value is -3.17. The molecular weight excluding hydrogens is 512 g/mol. The van der Waals surface area contributed by atoms with Gasteiger partial charge in [0.25, 0.3) is 5.91 Å². The van der Waals surface area contributed by atoms with E-state index in [1.165, 1.54) is 18.4 Å². The summed E-state index contributed by atoms with van der Waals surface area (Å²) < 4.78 is 12.8. The first-order valence-corrected chi connectivity index (χ1v) is 15.5. The van der Waals surface area contributed by atoms with Crippen LogP contribution in [0.4, 0.5) is 0 Å². The molecule has 2 saturated carbocycles. The number of likely N-dealkylation sites (tertiary alicyclic amines) is 1. The molecule has 5 aliphatic rings. The van der Waals surface area contributed by atoms with Gasteiger partial charge < -0.3 is 19.5 Å². The fourth-order valence-electron chi connectivity index (χ4n) is 8.66. The van der Waals surface area contributed by atoms with Crippen LogP contribution in [0.1, 0.15) is 68.2 Å². The van der Waals surface area contributed by atoms with Crippen LogP contribution in [0.2, 0.25) is 0 Å². The van der Waals surface area contributed by atoms with E-state index in [1.54, 1.807) is 13.2 Å². The highest BCUT2D eigenvalue weighted by molar-refractivity contribution is 5.94. The zero-order chi connectivity index (χ0) is 28.5. The molecule has 5 atom stereocenters. The van der Waals surface area contributed by atoms with Gasteiger partial charge in [-0.1, -0.05) is 31.9 Å². The lowest BCUT2D eigenvalue weighted by Gasteiger charge is -2.60. The van der Waals surface area contributed by atoms with Crippen LogP contribution in [0, 0.1) is 36.5 Å². The second-order valence-electron chi connectivity index (χ2n) is 13.5. The van der Waals surface area contributed by atoms with Crippen molar-refractivity contribution in [3.63, 3.8) is 0 Å². The Labute approximate surface area is 244 Å². The summed E-state index contributed by atoms with van der Waals surface area (Å²) >= 11 is 0. The molecule has 6 heteroatoms. The minimum atomic E-state index is -0.234. The van der Waals surface area contributed by atoms with Gasteiger partial charge in [0.1, 0.15) is 11.9 Å². The molecule has 1 amide bonds. The number of piperidine rings is 1. The molecule has 6 nitrogen and oxygen atoms in total. The highest BCUT2D eigenvalue weighted by Gasteiger charge is 2.67. The molecule has 1 saturated heterocycles. The summed E-state index contributed by atoms with van der Waals surface area (Å²) in [6.45, 7) is 9.20. The molecule has 3 fully saturated rings. The van der Waals surface area contributed by atoms with Crippen LogP contribution < -0.4 is 9.47 Å². The number of methoxy groups -OCH3 is 1. The fourth-order valence-corrected chi connectivity index (χ4v) is 8.66. The third-order valence-corrected chi connectivity index (χ3v) is 10.5. The van der Waals surface area contributed by atoms with Crippen LogP contribution in [0.25, 0.3) is 0 Å². The summed E-state index contributed by atoms with van der Waals surface area (Å²) in [4.78, 5) is 18.6. The summed E-state index contributed by atoms with van der Waals surface area (Å²) in [5, 5.41) is 11.3. The van der Waals surface area contributed by atoms with Crippen molar-refractivity contribution in [2.45, 2.75) is 82.9 Å². The lowest BCUT2D eigenvalue weighted by atomic mass is 9.50. The number of carbonyl (C=O) groups excluding carboxylic acids is 1. The Morgan fingerprint density at radius 3 is 2.80 bits per heavy atom. The minimum absolute atomic E-state index is 0.0891. The van der Waals surface area contributed by atoms with Crippen LogP contribution in [0.5, 0.6) is 17.2 Å². The number of nitrogens with zero attached hydrogens (tertiary/aromatic N) is 2. The largest absolute Gasteiger partial charge is 0.508 e. The number of carbonyl (C=O) groups is 1. The summed E-state index contributed by atoms with van der Waals surface area (Å²) in [6, 6.07) is 10.0. The predicted molar refractivity (Wildman–Crippen MR) is 158 cm³/mol. The maximum Gasteiger partial charge on any atom is 0.299 e. The van der Waals surface area contributed by atoms with E-state index < -0.39 is 0 Å². The highest BCUT2D eigenvalue weighted by Crippen LogP contribution is 2.65. The van der Waals surface area contributed by atoms with Crippen molar-refractivity contribution >= 4 is 5.91 Å². The molecule has 0 aromatic heterocycles. The third-order valence-electron chi connectivity index (χ3n) is 10.5. The molecule has 2 bridgehead atoms. The average Bonchev–Trinajstić information content (AvgIpc) is 3.70. The van der Waals surface area contributed by atoms with Crippen LogP contribution in [-0.2, 0) is 16.6 Å². The summed E-state index contributed by atoms with van der Waals surface area (Å²) in [5.74, 6) is 9.27. The van der Waals surface area contributed by atoms with Gasteiger partial charge in [0.2, 0.25) is 0 Å². The number of phenolic OH excluding ortho intramolecular Hbond substituents is 1. The van der Waals surface area contributed by atoms with Crippen LogP contribution in [0.3, 0.4) is 0 Å². The molecule has 41 heavy (non-hydrogen) atoms. The Morgan fingerprint density at radius 2 is 2.07 bits per heavy atom. The maximum absolute atomic E-state index is 13.9. The van der Waals surface area contributed by atoms with Crippen LogP contribution >= 0.6 is 0 Å². The zero-order valence-corrected chi connectivity index (χ0v) is 24.8. The molecule has 1 spiro atoms.